The third kappa shape index (κ3) is 3.13. The van der Waals surface area contributed by atoms with Gasteiger partial charge in [-0.2, -0.15) is 0 Å². The Morgan fingerprint density at radius 1 is 1.29 bits per heavy atom. The van der Waals surface area contributed by atoms with Crippen molar-refractivity contribution in [3.63, 3.8) is 0 Å². The molecule has 1 aliphatic carbocycles. The summed E-state index contributed by atoms with van der Waals surface area (Å²) in [4.78, 5) is 19.8. The summed E-state index contributed by atoms with van der Waals surface area (Å²) in [5.74, 6) is 5.43. The minimum Gasteiger partial charge on any atom is -0.348 e. The standard InChI is InChI=1S/C11H17N5O/c12-16-10-7-13-6-9(15-10)11(17)14-8-4-2-1-3-5-8/h6-8H,1-5,12H2,(H,14,17)(H,15,16). The molecule has 1 aromatic rings. The summed E-state index contributed by atoms with van der Waals surface area (Å²) in [6.07, 6.45) is 8.64. The number of anilines is 1. The van der Waals surface area contributed by atoms with Gasteiger partial charge in [0.2, 0.25) is 0 Å². The van der Waals surface area contributed by atoms with E-state index in [4.69, 9.17) is 5.84 Å². The Hall–Kier alpha value is -1.69. The van der Waals surface area contributed by atoms with E-state index in [0.29, 0.717) is 11.5 Å². The first kappa shape index (κ1) is 11.8. The van der Waals surface area contributed by atoms with Crippen LogP contribution in [0.1, 0.15) is 42.6 Å². The van der Waals surface area contributed by atoms with Gasteiger partial charge in [-0.1, -0.05) is 19.3 Å². The molecule has 1 saturated carbocycles. The van der Waals surface area contributed by atoms with Crippen LogP contribution in [0.3, 0.4) is 0 Å². The van der Waals surface area contributed by atoms with Crippen molar-refractivity contribution in [2.45, 2.75) is 38.1 Å². The number of hydrogen-bond acceptors (Lipinski definition) is 5. The lowest BCUT2D eigenvalue weighted by atomic mass is 9.95. The smallest absolute Gasteiger partial charge is 0.271 e. The number of carbonyl (C=O) groups is 1. The highest BCUT2D eigenvalue weighted by Gasteiger charge is 2.17. The molecular formula is C11H17N5O. The molecule has 1 heterocycles. The molecule has 0 aromatic carbocycles. The average molecular weight is 235 g/mol. The number of nitrogens with two attached hydrogens (primary N) is 1. The molecule has 1 aliphatic rings. The SMILES string of the molecule is NNc1cncc(C(=O)NC2CCCCC2)n1. The predicted molar refractivity (Wildman–Crippen MR) is 64.2 cm³/mol. The van der Waals surface area contributed by atoms with Crippen LogP contribution >= 0.6 is 0 Å². The summed E-state index contributed by atoms with van der Waals surface area (Å²) in [5.41, 5.74) is 2.67. The van der Waals surface area contributed by atoms with E-state index in [-0.39, 0.29) is 11.9 Å². The molecule has 0 aliphatic heterocycles. The van der Waals surface area contributed by atoms with Crippen LogP contribution < -0.4 is 16.6 Å². The van der Waals surface area contributed by atoms with Gasteiger partial charge in [0.1, 0.15) is 5.69 Å². The van der Waals surface area contributed by atoms with Gasteiger partial charge >= 0.3 is 0 Å². The number of aromatic nitrogens is 2. The van der Waals surface area contributed by atoms with Gasteiger partial charge in [-0.05, 0) is 12.8 Å². The average Bonchev–Trinajstić information content (AvgIpc) is 2.40. The van der Waals surface area contributed by atoms with Crippen LogP contribution in [0.25, 0.3) is 0 Å². The van der Waals surface area contributed by atoms with Crippen LogP contribution in [-0.2, 0) is 0 Å². The Morgan fingerprint density at radius 2 is 2.06 bits per heavy atom. The first-order chi connectivity index (χ1) is 8.29. The highest BCUT2D eigenvalue weighted by Crippen LogP contribution is 2.17. The van der Waals surface area contributed by atoms with Gasteiger partial charge in [-0.25, -0.2) is 10.8 Å². The van der Waals surface area contributed by atoms with E-state index in [2.05, 4.69) is 20.7 Å². The molecule has 4 N–H and O–H groups in total. The summed E-state index contributed by atoms with van der Waals surface area (Å²) in [6.45, 7) is 0. The molecule has 92 valence electrons. The minimum absolute atomic E-state index is 0.179. The monoisotopic (exact) mass is 235 g/mol. The van der Waals surface area contributed by atoms with Gasteiger partial charge in [0.25, 0.3) is 5.91 Å². The first-order valence-electron chi connectivity index (χ1n) is 5.89. The second-order valence-corrected chi connectivity index (χ2v) is 4.24. The lowest BCUT2D eigenvalue weighted by Crippen LogP contribution is -2.36. The van der Waals surface area contributed by atoms with Crippen molar-refractivity contribution in [2.75, 3.05) is 5.43 Å². The highest BCUT2D eigenvalue weighted by atomic mass is 16.1. The molecular weight excluding hydrogens is 218 g/mol. The van der Waals surface area contributed by atoms with E-state index in [0.717, 1.165) is 12.8 Å². The van der Waals surface area contributed by atoms with Crippen molar-refractivity contribution in [1.29, 1.82) is 0 Å². The zero-order valence-corrected chi connectivity index (χ0v) is 9.65. The fraction of sp³-hybridized carbons (Fsp3) is 0.545. The molecule has 1 amide bonds. The number of nitrogens with one attached hydrogen (secondary N) is 2. The van der Waals surface area contributed by atoms with E-state index < -0.39 is 0 Å². The maximum Gasteiger partial charge on any atom is 0.271 e. The van der Waals surface area contributed by atoms with Crippen molar-refractivity contribution in [1.82, 2.24) is 15.3 Å². The third-order valence-corrected chi connectivity index (χ3v) is 2.96. The molecule has 1 fully saturated rings. The molecule has 0 atom stereocenters. The lowest BCUT2D eigenvalue weighted by molar-refractivity contribution is 0.0922. The molecule has 6 heteroatoms. The summed E-state index contributed by atoms with van der Waals surface area (Å²) in [6, 6.07) is 0.271. The summed E-state index contributed by atoms with van der Waals surface area (Å²) in [7, 11) is 0. The number of nitrogen functional groups attached to an aromatic ring is 1. The van der Waals surface area contributed by atoms with Crippen LogP contribution in [0.4, 0.5) is 5.82 Å². The predicted octanol–water partition coefficient (Wildman–Crippen LogP) is 0.825. The molecule has 0 spiro atoms. The number of amides is 1. The first-order valence-corrected chi connectivity index (χ1v) is 5.89. The number of rotatable bonds is 3. The molecule has 17 heavy (non-hydrogen) atoms. The van der Waals surface area contributed by atoms with Crippen molar-refractivity contribution in [3.8, 4) is 0 Å². The maximum absolute atomic E-state index is 11.9. The Bertz CT molecular complexity index is 389. The molecule has 2 rings (SSSR count). The van der Waals surface area contributed by atoms with Crippen LogP contribution in [-0.4, -0.2) is 21.9 Å². The normalized spacial score (nSPS) is 16.5. The number of nitrogens with zero attached hydrogens (tertiary/aromatic N) is 2. The zero-order valence-electron chi connectivity index (χ0n) is 9.65. The van der Waals surface area contributed by atoms with E-state index in [9.17, 15) is 4.79 Å². The molecule has 0 unspecified atom stereocenters. The summed E-state index contributed by atoms with van der Waals surface area (Å²) < 4.78 is 0. The van der Waals surface area contributed by atoms with E-state index >= 15 is 0 Å². The van der Waals surface area contributed by atoms with Crippen molar-refractivity contribution >= 4 is 11.7 Å². The largest absolute Gasteiger partial charge is 0.348 e. The van der Waals surface area contributed by atoms with Gasteiger partial charge in [0, 0.05) is 6.04 Å². The molecule has 6 nitrogen and oxygen atoms in total. The quantitative estimate of drug-likeness (QED) is 0.533. The van der Waals surface area contributed by atoms with Crippen molar-refractivity contribution in [3.05, 3.63) is 18.1 Å². The van der Waals surface area contributed by atoms with Gasteiger partial charge in [-0.3, -0.25) is 9.78 Å². The zero-order chi connectivity index (χ0) is 12.1. The van der Waals surface area contributed by atoms with Gasteiger partial charge in [-0.15, -0.1) is 0 Å². The van der Waals surface area contributed by atoms with Gasteiger partial charge in [0.15, 0.2) is 5.82 Å². The van der Waals surface area contributed by atoms with Crippen LogP contribution in [0.2, 0.25) is 0 Å². The van der Waals surface area contributed by atoms with Crippen LogP contribution in [0.15, 0.2) is 12.4 Å². The molecule has 0 saturated heterocycles. The number of hydrazine groups is 1. The van der Waals surface area contributed by atoms with Crippen LogP contribution in [0, 0.1) is 0 Å². The van der Waals surface area contributed by atoms with Gasteiger partial charge in [0.05, 0.1) is 12.4 Å². The Balaban J connectivity index is 1.98. The topological polar surface area (TPSA) is 92.9 Å². The molecule has 0 bridgehead atoms. The number of hydrogen-bond donors (Lipinski definition) is 3. The Morgan fingerprint density at radius 3 is 2.76 bits per heavy atom. The highest BCUT2D eigenvalue weighted by molar-refractivity contribution is 5.92. The van der Waals surface area contributed by atoms with E-state index in [1.807, 2.05) is 0 Å². The number of carbonyl (C=O) groups excluding carboxylic acids is 1. The molecule has 0 radical (unpaired) electrons. The van der Waals surface area contributed by atoms with Gasteiger partial charge < -0.3 is 10.7 Å². The second kappa shape index (κ2) is 5.58. The lowest BCUT2D eigenvalue weighted by Gasteiger charge is -2.22. The minimum atomic E-state index is -0.179. The molecule has 1 aromatic heterocycles. The summed E-state index contributed by atoms with van der Waals surface area (Å²) >= 11 is 0. The van der Waals surface area contributed by atoms with Crippen molar-refractivity contribution in [2.24, 2.45) is 5.84 Å². The van der Waals surface area contributed by atoms with E-state index in [1.54, 1.807) is 0 Å². The van der Waals surface area contributed by atoms with Crippen molar-refractivity contribution < 1.29 is 4.79 Å². The third-order valence-electron chi connectivity index (χ3n) is 2.96. The van der Waals surface area contributed by atoms with Crippen LogP contribution in [0.5, 0.6) is 0 Å². The summed E-state index contributed by atoms with van der Waals surface area (Å²) in [5, 5.41) is 2.98. The fourth-order valence-electron chi connectivity index (χ4n) is 2.05. The maximum atomic E-state index is 11.9. The fourth-order valence-corrected chi connectivity index (χ4v) is 2.05. The second-order valence-electron chi connectivity index (χ2n) is 4.24. The Labute approximate surface area is 100.0 Å². The van der Waals surface area contributed by atoms with E-state index in [1.165, 1.54) is 31.7 Å². The Kier molecular flexibility index (Phi) is 3.87.